The first-order valence-corrected chi connectivity index (χ1v) is 10.3. The summed E-state index contributed by atoms with van der Waals surface area (Å²) in [5, 5.41) is 0.555. The van der Waals surface area contributed by atoms with Gasteiger partial charge in [0.2, 0.25) is 5.78 Å². The molecule has 32 heavy (non-hydrogen) atoms. The van der Waals surface area contributed by atoms with Gasteiger partial charge in [0.1, 0.15) is 0 Å². The Bertz CT molecular complexity index is 1220. The lowest BCUT2D eigenvalue weighted by Crippen LogP contribution is -2.29. The zero-order valence-corrected chi connectivity index (χ0v) is 17.8. The van der Waals surface area contributed by atoms with E-state index in [2.05, 4.69) is 0 Å². The predicted molar refractivity (Wildman–Crippen MR) is 118 cm³/mol. The molecule has 0 spiro atoms. The molecule has 0 aromatic heterocycles. The van der Waals surface area contributed by atoms with Crippen LogP contribution in [0.4, 0.5) is 0 Å². The number of fused-ring (bicyclic) bond motifs is 1. The number of hydrogen-bond donors (Lipinski definition) is 0. The number of halogens is 1. The summed E-state index contributed by atoms with van der Waals surface area (Å²) < 4.78 is 5.30. The molecule has 1 aliphatic heterocycles. The molecular weight excluding hydrogens is 430 g/mol. The van der Waals surface area contributed by atoms with Crippen molar-refractivity contribution < 1.29 is 23.9 Å². The Morgan fingerprint density at radius 3 is 2.22 bits per heavy atom. The van der Waals surface area contributed by atoms with Crippen LogP contribution in [0, 0.1) is 0 Å². The fourth-order valence-corrected chi connectivity index (χ4v) is 3.58. The molecule has 4 rings (SSSR count). The molecule has 0 N–H and O–H groups in total. The minimum atomic E-state index is -1.00. The number of ketones is 1. The van der Waals surface area contributed by atoms with Gasteiger partial charge in [0.05, 0.1) is 23.2 Å². The number of carbonyl (C=O) groups is 4. The van der Waals surface area contributed by atoms with Crippen LogP contribution in [0.25, 0.3) is 0 Å². The lowest BCUT2D eigenvalue weighted by molar-refractivity contribution is 0.0318. The summed E-state index contributed by atoms with van der Waals surface area (Å²) in [5.41, 5.74) is 1.61. The zero-order valence-electron chi connectivity index (χ0n) is 17.1. The molecule has 160 valence electrons. The van der Waals surface area contributed by atoms with E-state index in [1.54, 1.807) is 54.6 Å². The van der Waals surface area contributed by atoms with Gasteiger partial charge in [0.25, 0.3) is 11.8 Å². The predicted octanol–water partition coefficient (Wildman–Crippen LogP) is 4.56. The number of hydrogen-bond acceptors (Lipinski definition) is 5. The van der Waals surface area contributed by atoms with Crippen molar-refractivity contribution in [3.8, 4) is 0 Å². The van der Waals surface area contributed by atoms with E-state index < -0.39 is 23.9 Å². The normalized spacial score (nSPS) is 13.6. The number of imide groups is 1. The van der Waals surface area contributed by atoms with E-state index in [-0.39, 0.29) is 29.0 Å². The maximum atomic E-state index is 12.8. The molecule has 3 aromatic carbocycles. The van der Waals surface area contributed by atoms with Gasteiger partial charge in [-0.15, -0.1) is 0 Å². The van der Waals surface area contributed by atoms with Gasteiger partial charge < -0.3 is 4.74 Å². The summed E-state index contributed by atoms with van der Waals surface area (Å²) in [6.45, 7) is 1.58. The molecule has 3 aromatic rings. The Balaban J connectivity index is 1.50. The fourth-order valence-electron chi connectivity index (χ4n) is 3.45. The summed E-state index contributed by atoms with van der Waals surface area (Å²) in [6.07, 6.45) is -1.00. The van der Waals surface area contributed by atoms with Crippen LogP contribution in [0.1, 0.15) is 53.9 Å². The van der Waals surface area contributed by atoms with E-state index in [0.717, 1.165) is 10.5 Å². The maximum Gasteiger partial charge on any atom is 0.338 e. The van der Waals surface area contributed by atoms with Crippen LogP contribution in [0.2, 0.25) is 5.02 Å². The van der Waals surface area contributed by atoms with E-state index >= 15 is 0 Å². The average Bonchev–Trinajstić information content (AvgIpc) is 3.04. The maximum absolute atomic E-state index is 12.8. The third-order valence-corrected chi connectivity index (χ3v) is 5.42. The second-order valence-corrected chi connectivity index (χ2v) is 7.80. The SMILES string of the molecule is CC(OC(=O)c1ccc2c(c1)C(=O)N(Cc1ccc(Cl)cc1)C2=O)C(=O)c1ccccc1. The number of Topliss-reactive ketones (excluding diaryl/α,β-unsaturated/α-hetero) is 1. The second kappa shape index (κ2) is 8.77. The van der Waals surface area contributed by atoms with Crippen LogP contribution >= 0.6 is 11.6 Å². The largest absolute Gasteiger partial charge is 0.451 e. The van der Waals surface area contributed by atoms with Gasteiger partial charge in [0, 0.05) is 10.6 Å². The summed E-state index contributed by atoms with van der Waals surface area (Å²) in [4.78, 5) is 51.7. The zero-order chi connectivity index (χ0) is 22.8. The van der Waals surface area contributed by atoms with Crippen LogP contribution in [-0.4, -0.2) is 34.6 Å². The second-order valence-electron chi connectivity index (χ2n) is 7.36. The molecule has 0 radical (unpaired) electrons. The topological polar surface area (TPSA) is 80.8 Å². The summed E-state index contributed by atoms with van der Waals surface area (Å²) in [6, 6.07) is 19.5. The van der Waals surface area contributed by atoms with Crippen LogP contribution in [0.15, 0.2) is 72.8 Å². The monoisotopic (exact) mass is 447 g/mol. The van der Waals surface area contributed by atoms with Crippen molar-refractivity contribution in [3.63, 3.8) is 0 Å². The molecule has 0 fully saturated rings. The molecular formula is C25H18ClNO5. The van der Waals surface area contributed by atoms with Gasteiger partial charge >= 0.3 is 5.97 Å². The Hall–Kier alpha value is -3.77. The molecule has 0 bridgehead atoms. The number of ether oxygens (including phenoxy) is 1. The Morgan fingerprint density at radius 1 is 0.875 bits per heavy atom. The standard InChI is InChI=1S/C25H18ClNO5/c1-15(22(28)17-5-3-2-4-6-17)32-25(31)18-9-12-20-21(13-18)24(30)27(23(20)29)14-16-7-10-19(26)11-8-16/h2-13,15H,14H2,1H3. The van der Waals surface area contributed by atoms with Gasteiger partial charge in [-0.25, -0.2) is 4.79 Å². The lowest BCUT2D eigenvalue weighted by Gasteiger charge is -2.13. The molecule has 1 atom stereocenters. The molecule has 0 saturated heterocycles. The molecule has 0 saturated carbocycles. The van der Waals surface area contributed by atoms with Crippen molar-refractivity contribution in [2.75, 3.05) is 0 Å². The van der Waals surface area contributed by atoms with Crippen molar-refractivity contribution >= 4 is 35.2 Å². The summed E-state index contributed by atoms with van der Waals surface area (Å²) in [7, 11) is 0. The number of carbonyl (C=O) groups excluding carboxylic acids is 4. The first kappa shape index (κ1) is 21.5. The average molecular weight is 448 g/mol. The van der Waals surface area contributed by atoms with Crippen molar-refractivity contribution in [2.24, 2.45) is 0 Å². The smallest absolute Gasteiger partial charge is 0.338 e. The molecule has 6 nitrogen and oxygen atoms in total. The number of benzene rings is 3. The third-order valence-electron chi connectivity index (χ3n) is 5.17. The van der Waals surface area contributed by atoms with E-state index in [0.29, 0.717) is 10.6 Å². The Kier molecular flexibility index (Phi) is 5.88. The van der Waals surface area contributed by atoms with E-state index in [1.165, 1.54) is 25.1 Å². The quantitative estimate of drug-likeness (QED) is 0.314. The molecule has 2 amide bonds. The van der Waals surface area contributed by atoms with Gasteiger partial charge in [-0.05, 0) is 42.8 Å². The van der Waals surface area contributed by atoms with Crippen LogP contribution in [0.3, 0.4) is 0 Å². The number of rotatable bonds is 6. The van der Waals surface area contributed by atoms with Gasteiger partial charge in [-0.2, -0.15) is 0 Å². The van der Waals surface area contributed by atoms with Crippen LogP contribution < -0.4 is 0 Å². The van der Waals surface area contributed by atoms with Crippen molar-refractivity contribution in [1.82, 2.24) is 4.90 Å². The highest BCUT2D eigenvalue weighted by molar-refractivity contribution is 6.30. The number of amides is 2. The van der Waals surface area contributed by atoms with Crippen molar-refractivity contribution in [2.45, 2.75) is 19.6 Å². The van der Waals surface area contributed by atoms with Gasteiger partial charge in [0.15, 0.2) is 6.10 Å². The lowest BCUT2D eigenvalue weighted by atomic mass is 10.1. The number of nitrogens with zero attached hydrogens (tertiary/aromatic N) is 1. The van der Waals surface area contributed by atoms with Crippen LogP contribution in [0.5, 0.6) is 0 Å². The molecule has 1 aliphatic rings. The van der Waals surface area contributed by atoms with Gasteiger partial charge in [-0.1, -0.05) is 54.1 Å². The van der Waals surface area contributed by atoms with Crippen molar-refractivity contribution in [1.29, 1.82) is 0 Å². The first-order valence-electron chi connectivity index (χ1n) is 9.90. The molecule has 1 unspecified atom stereocenters. The molecule has 0 aliphatic carbocycles. The highest BCUT2D eigenvalue weighted by Gasteiger charge is 2.36. The molecule has 1 heterocycles. The first-order chi connectivity index (χ1) is 15.3. The van der Waals surface area contributed by atoms with E-state index in [1.807, 2.05) is 0 Å². The van der Waals surface area contributed by atoms with Crippen molar-refractivity contribution in [3.05, 3.63) is 106 Å². The fraction of sp³-hybridized carbons (Fsp3) is 0.120. The van der Waals surface area contributed by atoms with E-state index in [9.17, 15) is 19.2 Å². The minimum Gasteiger partial charge on any atom is -0.451 e. The third kappa shape index (κ3) is 4.18. The minimum absolute atomic E-state index is 0.0888. The summed E-state index contributed by atoms with van der Waals surface area (Å²) in [5.74, 6) is -2.02. The Labute approximate surface area is 189 Å². The highest BCUT2D eigenvalue weighted by Crippen LogP contribution is 2.26. The highest BCUT2D eigenvalue weighted by atomic mass is 35.5. The summed E-state index contributed by atoms with van der Waals surface area (Å²) >= 11 is 5.88. The van der Waals surface area contributed by atoms with E-state index in [4.69, 9.17) is 16.3 Å². The molecule has 7 heteroatoms. The Morgan fingerprint density at radius 2 is 1.53 bits per heavy atom. The van der Waals surface area contributed by atoms with Gasteiger partial charge in [-0.3, -0.25) is 19.3 Å². The van der Waals surface area contributed by atoms with Crippen LogP contribution in [-0.2, 0) is 11.3 Å². The number of esters is 1.